The van der Waals surface area contributed by atoms with Gasteiger partial charge in [-0.3, -0.25) is 4.79 Å². The molecule has 0 saturated carbocycles. The highest BCUT2D eigenvalue weighted by Gasteiger charge is 2.27. The molecule has 4 heteroatoms. The first kappa shape index (κ1) is 12.8. The lowest BCUT2D eigenvalue weighted by Gasteiger charge is -2.18. The molecule has 1 aromatic carbocycles. The molecule has 92 valence electrons. The number of likely N-dealkylation sites (tertiary alicyclic amines) is 1. The number of hydrogen-bond donors (Lipinski definition) is 1. The highest BCUT2D eigenvalue weighted by molar-refractivity contribution is 14.1. The zero-order valence-corrected chi connectivity index (χ0v) is 12.0. The summed E-state index contributed by atoms with van der Waals surface area (Å²) in [5.74, 6) is 0.351. The third kappa shape index (κ3) is 2.63. The molecule has 1 fully saturated rings. The number of carbonyl (C=O) groups excluding carboxylic acids is 1. The first-order valence-electron chi connectivity index (χ1n) is 5.78. The maximum absolute atomic E-state index is 12.4. The summed E-state index contributed by atoms with van der Waals surface area (Å²) >= 11 is 2.21. The average Bonchev–Trinajstić information content (AvgIpc) is 2.77. The number of aliphatic hydroxyl groups is 1. The van der Waals surface area contributed by atoms with Gasteiger partial charge in [-0.25, -0.2) is 0 Å². The molecule has 1 aliphatic heterocycles. The van der Waals surface area contributed by atoms with Gasteiger partial charge in [0.1, 0.15) is 0 Å². The fraction of sp³-hybridized carbons (Fsp3) is 0.462. The lowest BCUT2D eigenvalue weighted by atomic mass is 10.1. The van der Waals surface area contributed by atoms with E-state index in [2.05, 4.69) is 22.6 Å². The second-order valence-corrected chi connectivity index (χ2v) is 5.68. The number of aliphatic hydroxyl groups excluding tert-OH is 1. The predicted octanol–water partition coefficient (Wildman–Crippen LogP) is 2.05. The summed E-state index contributed by atoms with van der Waals surface area (Å²) in [6, 6.07) is 5.89. The fourth-order valence-electron chi connectivity index (χ4n) is 2.23. The average molecular weight is 345 g/mol. The lowest BCUT2D eigenvalue weighted by Crippen LogP contribution is -2.30. The van der Waals surface area contributed by atoms with Crippen LogP contribution >= 0.6 is 22.6 Å². The van der Waals surface area contributed by atoms with Gasteiger partial charge in [0, 0.05) is 29.2 Å². The molecule has 3 nitrogen and oxygen atoms in total. The molecule has 2 rings (SSSR count). The van der Waals surface area contributed by atoms with Crippen molar-refractivity contribution in [2.75, 3.05) is 19.7 Å². The van der Waals surface area contributed by atoms with Gasteiger partial charge in [0.2, 0.25) is 0 Å². The van der Waals surface area contributed by atoms with Crippen molar-refractivity contribution >= 4 is 28.5 Å². The maximum atomic E-state index is 12.4. The van der Waals surface area contributed by atoms with Crippen molar-refractivity contribution in [2.45, 2.75) is 13.3 Å². The monoisotopic (exact) mass is 345 g/mol. The minimum absolute atomic E-state index is 0.100. The first-order valence-corrected chi connectivity index (χ1v) is 6.86. The third-order valence-electron chi connectivity index (χ3n) is 3.27. The van der Waals surface area contributed by atoms with E-state index in [-0.39, 0.29) is 18.4 Å². The molecule has 0 radical (unpaired) electrons. The topological polar surface area (TPSA) is 40.5 Å². The van der Waals surface area contributed by atoms with E-state index in [4.69, 9.17) is 5.11 Å². The van der Waals surface area contributed by atoms with Crippen LogP contribution in [0.25, 0.3) is 0 Å². The van der Waals surface area contributed by atoms with Crippen LogP contribution in [-0.4, -0.2) is 35.6 Å². The number of benzene rings is 1. The predicted molar refractivity (Wildman–Crippen MR) is 75.0 cm³/mol. The summed E-state index contributed by atoms with van der Waals surface area (Å²) in [5, 5.41) is 9.11. The van der Waals surface area contributed by atoms with Crippen LogP contribution in [0.2, 0.25) is 0 Å². The Morgan fingerprint density at radius 3 is 2.94 bits per heavy atom. The molecule has 1 saturated heterocycles. The quantitative estimate of drug-likeness (QED) is 0.834. The van der Waals surface area contributed by atoms with Gasteiger partial charge in [0.05, 0.1) is 5.56 Å². The highest BCUT2D eigenvalue weighted by atomic mass is 127. The van der Waals surface area contributed by atoms with Gasteiger partial charge < -0.3 is 10.0 Å². The highest BCUT2D eigenvalue weighted by Crippen LogP contribution is 2.23. The maximum Gasteiger partial charge on any atom is 0.255 e. The number of rotatable bonds is 2. The molecule has 0 spiro atoms. The van der Waals surface area contributed by atoms with Crippen molar-refractivity contribution in [3.63, 3.8) is 0 Å². The van der Waals surface area contributed by atoms with Gasteiger partial charge in [-0.1, -0.05) is 12.1 Å². The van der Waals surface area contributed by atoms with Crippen molar-refractivity contribution in [2.24, 2.45) is 5.92 Å². The van der Waals surface area contributed by atoms with Crippen LogP contribution in [0, 0.1) is 16.4 Å². The molecule has 1 heterocycles. The molecule has 1 unspecified atom stereocenters. The van der Waals surface area contributed by atoms with Crippen molar-refractivity contribution in [3.05, 3.63) is 32.9 Å². The Kier molecular flexibility index (Phi) is 4.04. The van der Waals surface area contributed by atoms with Gasteiger partial charge in [-0.15, -0.1) is 0 Å². The van der Waals surface area contributed by atoms with Crippen LogP contribution in [0.5, 0.6) is 0 Å². The van der Waals surface area contributed by atoms with E-state index >= 15 is 0 Å². The number of hydrogen-bond acceptors (Lipinski definition) is 2. The van der Waals surface area contributed by atoms with E-state index in [0.717, 1.165) is 27.7 Å². The second-order valence-electron chi connectivity index (χ2n) is 4.52. The normalized spacial score (nSPS) is 19.7. The van der Waals surface area contributed by atoms with Gasteiger partial charge >= 0.3 is 0 Å². The summed E-state index contributed by atoms with van der Waals surface area (Å²) < 4.78 is 1.00. The molecule has 1 aliphatic rings. The molecular weight excluding hydrogens is 329 g/mol. The zero-order valence-electron chi connectivity index (χ0n) is 9.82. The number of nitrogens with zero attached hydrogens (tertiary/aromatic N) is 1. The molecule has 1 aromatic rings. The summed E-state index contributed by atoms with van der Waals surface area (Å²) in [4.78, 5) is 14.2. The fourth-order valence-corrected chi connectivity index (χ4v) is 3.09. The lowest BCUT2D eigenvalue weighted by molar-refractivity contribution is 0.0780. The molecule has 1 amide bonds. The van der Waals surface area contributed by atoms with E-state index in [1.807, 2.05) is 30.0 Å². The summed E-state index contributed by atoms with van der Waals surface area (Å²) in [5.41, 5.74) is 1.83. The third-order valence-corrected chi connectivity index (χ3v) is 4.17. The Balaban J connectivity index is 2.21. The van der Waals surface area contributed by atoms with Crippen molar-refractivity contribution in [1.29, 1.82) is 0 Å². The Labute approximate surface area is 115 Å². The number of halogens is 1. The number of amides is 1. The SMILES string of the molecule is Cc1cccc(I)c1C(=O)N1CCC(CO)C1. The summed E-state index contributed by atoms with van der Waals surface area (Å²) in [7, 11) is 0. The Morgan fingerprint density at radius 2 is 2.35 bits per heavy atom. The van der Waals surface area contributed by atoms with Gasteiger partial charge in [-0.2, -0.15) is 0 Å². The van der Waals surface area contributed by atoms with Crippen LogP contribution < -0.4 is 0 Å². The Bertz CT molecular complexity index is 413. The largest absolute Gasteiger partial charge is 0.396 e. The van der Waals surface area contributed by atoms with Crippen LogP contribution in [0.1, 0.15) is 22.3 Å². The minimum Gasteiger partial charge on any atom is -0.396 e. The summed E-state index contributed by atoms with van der Waals surface area (Å²) in [6.45, 7) is 3.58. The molecule has 0 aliphatic carbocycles. The van der Waals surface area contributed by atoms with E-state index in [0.29, 0.717) is 6.54 Å². The molecule has 1 N–H and O–H groups in total. The minimum atomic E-state index is 0.100. The molecule has 0 bridgehead atoms. The van der Waals surface area contributed by atoms with E-state index in [1.54, 1.807) is 0 Å². The van der Waals surface area contributed by atoms with Gasteiger partial charge in [0.25, 0.3) is 5.91 Å². The molecule has 17 heavy (non-hydrogen) atoms. The number of carbonyl (C=O) groups is 1. The molecule has 0 aromatic heterocycles. The van der Waals surface area contributed by atoms with E-state index in [9.17, 15) is 4.79 Å². The van der Waals surface area contributed by atoms with Crippen molar-refractivity contribution in [3.8, 4) is 0 Å². The zero-order chi connectivity index (χ0) is 12.4. The summed E-state index contributed by atoms with van der Waals surface area (Å²) in [6.07, 6.45) is 0.907. The smallest absolute Gasteiger partial charge is 0.255 e. The van der Waals surface area contributed by atoms with Gasteiger partial charge in [0.15, 0.2) is 0 Å². The van der Waals surface area contributed by atoms with Crippen LogP contribution in [0.15, 0.2) is 18.2 Å². The standard InChI is InChI=1S/C13H16INO2/c1-9-3-2-4-11(14)12(9)13(17)15-6-5-10(7-15)8-16/h2-4,10,16H,5-8H2,1H3. The first-order chi connectivity index (χ1) is 8.13. The van der Waals surface area contributed by atoms with E-state index < -0.39 is 0 Å². The molecular formula is C13H16INO2. The van der Waals surface area contributed by atoms with Crippen molar-refractivity contribution < 1.29 is 9.90 Å². The second kappa shape index (κ2) is 5.35. The Morgan fingerprint density at radius 1 is 1.59 bits per heavy atom. The number of aryl methyl sites for hydroxylation is 1. The van der Waals surface area contributed by atoms with Crippen molar-refractivity contribution in [1.82, 2.24) is 4.90 Å². The van der Waals surface area contributed by atoms with Crippen LogP contribution in [0.3, 0.4) is 0 Å². The van der Waals surface area contributed by atoms with Crippen LogP contribution in [-0.2, 0) is 0 Å². The Hall–Kier alpha value is -0.620. The molecule has 1 atom stereocenters. The van der Waals surface area contributed by atoms with E-state index in [1.165, 1.54) is 0 Å². The van der Waals surface area contributed by atoms with Crippen LogP contribution in [0.4, 0.5) is 0 Å². The van der Waals surface area contributed by atoms with Gasteiger partial charge in [-0.05, 0) is 47.6 Å².